The number of hydrogen-bond acceptors (Lipinski definition) is 3. The van der Waals surface area contributed by atoms with Gasteiger partial charge in [-0.15, -0.1) is 0 Å². The molecule has 0 aromatic rings. The van der Waals surface area contributed by atoms with Gasteiger partial charge in [-0.25, -0.2) is 13.6 Å². The lowest BCUT2D eigenvalue weighted by Gasteiger charge is -2.42. The van der Waals surface area contributed by atoms with Gasteiger partial charge >= 0.3 is 0 Å². The van der Waals surface area contributed by atoms with Crippen LogP contribution in [0.4, 0.5) is 0 Å². The Hall–Kier alpha value is -0.620. The average molecular weight is 302 g/mol. The van der Waals surface area contributed by atoms with Gasteiger partial charge in [0.25, 0.3) is 0 Å². The lowest BCUT2D eigenvalue weighted by atomic mass is 9.68. The minimum Gasteiger partial charge on any atom is -0.341 e. The van der Waals surface area contributed by atoms with E-state index in [0.717, 1.165) is 25.7 Å². The number of rotatable bonds is 2. The predicted molar refractivity (Wildman–Crippen MR) is 78.4 cm³/mol. The summed E-state index contributed by atoms with van der Waals surface area (Å²) in [6.45, 7) is 5.23. The Morgan fingerprint density at radius 2 is 1.90 bits per heavy atom. The topological polar surface area (TPSA) is 80.5 Å². The van der Waals surface area contributed by atoms with Gasteiger partial charge in [-0.05, 0) is 31.1 Å². The minimum absolute atomic E-state index is 0.0177. The molecule has 6 heteroatoms. The number of hydrogen-bond donors (Lipinski definition) is 1. The van der Waals surface area contributed by atoms with Crippen LogP contribution in [0, 0.1) is 11.3 Å². The Morgan fingerprint density at radius 1 is 1.20 bits per heavy atom. The lowest BCUT2D eigenvalue weighted by Crippen LogP contribution is -2.51. The molecule has 2 atom stereocenters. The third-order valence-electron chi connectivity index (χ3n) is 4.96. The van der Waals surface area contributed by atoms with E-state index < -0.39 is 15.3 Å². The molecule has 0 aromatic carbocycles. The highest BCUT2D eigenvalue weighted by Gasteiger charge is 2.41. The van der Waals surface area contributed by atoms with Gasteiger partial charge in [-0.2, -0.15) is 0 Å². The number of piperidine rings is 1. The van der Waals surface area contributed by atoms with Crippen LogP contribution in [0.5, 0.6) is 0 Å². The third kappa shape index (κ3) is 3.34. The summed E-state index contributed by atoms with van der Waals surface area (Å²) in [6.07, 6.45) is 5.54. The van der Waals surface area contributed by atoms with Gasteiger partial charge in [0.2, 0.25) is 15.9 Å². The van der Waals surface area contributed by atoms with Crippen LogP contribution in [0.15, 0.2) is 0 Å². The van der Waals surface area contributed by atoms with Crippen molar-refractivity contribution < 1.29 is 13.2 Å². The first kappa shape index (κ1) is 15.8. The number of likely N-dealkylation sites (tertiary alicyclic amines) is 1. The second kappa shape index (κ2) is 5.64. The molecule has 5 nitrogen and oxygen atoms in total. The van der Waals surface area contributed by atoms with E-state index in [4.69, 9.17) is 5.14 Å². The molecule has 1 aliphatic carbocycles. The van der Waals surface area contributed by atoms with E-state index in [0.29, 0.717) is 13.0 Å². The van der Waals surface area contributed by atoms with Gasteiger partial charge in [-0.3, -0.25) is 4.79 Å². The zero-order valence-corrected chi connectivity index (χ0v) is 13.3. The van der Waals surface area contributed by atoms with Crippen molar-refractivity contribution in [3.63, 3.8) is 0 Å². The standard InChI is InChI=1S/C14H26N2O3S/c1-14(2)8-4-3-7-12(14)13(17)16-9-5-6-11(10-16)20(15,18)19/h11-12H,3-10H2,1-2H3,(H2,15,18,19). The molecule has 1 saturated heterocycles. The summed E-state index contributed by atoms with van der Waals surface area (Å²) in [5.74, 6) is 0.151. The van der Waals surface area contributed by atoms with Gasteiger partial charge in [0.05, 0.1) is 5.25 Å². The zero-order valence-electron chi connectivity index (χ0n) is 12.5. The van der Waals surface area contributed by atoms with E-state index in [2.05, 4.69) is 13.8 Å². The zero-order chi connectivity index (χ0) is 15.0. The van der Waals surface area contributed by atoms with E-state index >= 15 is 0 Å². The second-order valence-corrected chi connectivity index (χ2v) is 8.77. The third-order valence-corrected chi connectivity index (χ3v) is 6.27. The normalized spacial score (nSPS) is 31.1. The number of carbonyl (C=O) groups excluding carboxylic acids is 1. The van der Waals surface area contributed by atoms with Crippen LogP contribution in [0.1, 0.15) is 52.4 Å². The van der Waals surface area contributed by atoms with E-state index in [9.17, 15) is 13.2 Å². The van der Waals surface area contributed by atoms with Crippen LogP contribution in [0.2, 0.25) is 0 Å². The van der Waals surface area contributed by atoms with E-state index in [-0.39, 0.29) is 23.8 Å². The van der Waals surface area contributed by atoms with E-state index in [1.807, 2.05) is 0 Å². The molecule has 1 saturated carbocycles. The van der Waals surface area contributed by atoms with Crippen LogP contribution in [-0.2, 0) is 14.8 Å². The van der Waals surface area contributed by atoms with Crippen LogP contribution < -0.4 is 5.14 Å². The van der Waals surface area contributed by atoms with Crippen molar-refractivity contribution in [2.24, 2.45) is 16.5 Å². The molecule has 1 heterocycles. The molecule has 20 heavy (non-hydrogen) atoms. The first-order chi connectivity index (χ1) is 9.22. The number of primary sulfonamides is 1. The minimum atomic E-state index is -3.55. The van der Waals surface area contributed by atoms with Gasteiger partial charge in [0.15, 0.2) is 0 Å². The first-order valence-electron chi connectivity index (χ1n) is 7.52. The highest BCUT2D eigenvalue weighted by atomic mass is 32.2. The highest BCUT2D eigenvalue weighted by molar-refractivity contribution is 7.89. The second-order valence-electron chi connectivity index (χ2n) is 6.92. The SMILES string of the molecule is CC1(C)CCCCC1C(=O)N1CCCC(S(N)(=O)=O)C1. The van der Waals surface area contributed by atoms with Crippen LogP contribution in [0.25, 0.3) is 0 Å². The van der Waals surface area contributed by atoms with Gasteiger partial charge in [0.1, 0.15) is 0 Å². The average Bonchev–Trinajstić information content (AvgIpc) is 2.37. The Bertz CT molecular complexity index is 473. The molecule has 0 bridgehead atoms. The summed E-state index contributed by atoms with van der Waals surface area (Å²) < 4.78 is 23.0. The maximum absolute atomic E-state index is 12.7. The molecular weight excluding hydrogens is 276 g/mol. The molecule has 0 aromatic heterocycles. The van der Waals surface area contributed by atoms with Crippen molar-refractivity contribution in [2.45, 2.75) is 57.6 Å². The molecule has 2 unspecified atom stereocenters. The Balaban J connectivity index is 2.09. The van der Waals surface area contributed by atoms with Gasteiger partial charge in [-0.1, -0.05) is 26.7 Å². The van der Waals surface area contributed by atoms with Crippen molar-refractivity contribution in [2.75, 3.05) is 13.1 Å². The Labute approximate surface area is 121 Å². The molecular formula is C14H26N2O3S. The van der Waals surface area contributed by atoms with Crippen LogP contribution in [-0.4, -0.2) is 37.6 Å². The summed E-state index contributed by atoms with van der Waals surface area (Å²) in [7, 11) is -3.55. The van der Waals surface area contributed by atoms with Crippen LogP contribution in [0.3, 0.4) is 0 Å². The maximum atomic E-state index is 12.7. The van der Waals surface area contributed by atoms with E-state index in [1.54, 1.807) is 4.90 Å². The summed E-state index contributed by atoms with van der Waals surface area (Å²) in [5, 5.41) is 4.65. The summed E-state index contributed by atoms with van der Waals surface area (Å²) in [5.41, 5.74) is 0.0177. The highest BCUT2D eigenvalue weighted by Crippen LogP contribution is 2.41. The van der Waals surface area contributed by atoms with Crippen molar-refractivity contribution in [3.05, 3.63) is 0 Å². The monoisotopic (exact) mass is 302 g/mol. The number of nitrogens with two attached hydrogens (primary N) is 1. The lowest BCUT2D eigenvalue weighted by molar-refractivity contribution is -0.142. The molecule has 0 radical (unpaired) electrons. The number of carbonyl (C=O) groups is 1. The van der Waals surface area contributed by atoms with Gasteiger partial charge in [0, 0.05) is 19.0 Å². The molecule has 2 rings (SSSR count). The number of amides is 1. The fraction of sp³-hybridized carbons (Fsp3) is 0.929. The first-order valence-corrected chi connectivity index (χ1v) is 9.13. The Kier molecular flexibility index (Phi) is 4.44. The van der Waals surface area contributed by atoms with E-state index in [1.165, 1.54) is 6.42 Å². The molecule has 0 spiro atoms. The fourth-order valence-electron chi connectivity index (χ4n) is 3.58. The summed E-state index contributed by atoms with van der Waals surface area (Å²) in [4.78, 5) is 14.5. The molecule has 2 aliphatic rings. The van der Waals surface area contributed by atoms with Crippen molar-refractivity contribution in [3.8, 4) is 0 Å². The molecule has 1 aliphatic heterocycles. The summed E-state index contributed by atoms with van der Waals surface area (Å²) >= 11 is 0. The van der Waals surface area contributed by atoms with Gasteiger partial charge < -0.3 is 4.90 Å². The van der Waals surface area contributed by atoms with Crippen molar-refractivity contribution in [1.82, 2.24) is 4.90 Å². The predicted octanol–water partition coefficient (Wildman–Crippen LogP) is 1.48. The molecule has 2 N–H and O–H groups in total. The largest absolute Gasteiger partial charge is 0.341 e. The molecule has 2 fully saturated rings. The summed E-state index contributed by atoms with van der Waals surface area (Å²) in [6, 6.07) is 0. The Morgan fingerprint density at radius 3 is 2.50 bits per heavy atom. The quantitative estimate of drug-likeness (QED) is 0.839. The van der Waals surface area contributed by atoms with Crippen molar-refractivity contribution >= 4 is 15.9 Å². The molecule has 1 amide bonds. The maximum Gasteiger partial charge on any atom is 0.226 e. The number of sulfonamides is 1. The molecule has 116 valence electrons. The smallest absolute Gasteiger partial charge is 0.226 e. The number of nitrogens with zero attached hydrogens (tertiary/aromatic N) is 1. The fourth-order valence-corrected chi connectivity index (χ4v) is 4.46. The van der Waals surface area contributed by atoms with Crippen LogP contribution >= 0.6 is 0 Å². The van der Waals surface area contributed by atoms with Crippen molar-refractivity contribution in [1.29, 1.82) is 0 Å².